The number of phenolic OH excluding ortho intramolecular Hbond substituents is 2. The number of aromatic hydroxyl groups is 2. The zero-order valence-corrected chi connectivity index (χ0v) is 26.0. The van der Waals surface area contributed by atoms with E-state index in [0.717, 1.165) is 11.6 Å². The third-order valence-corrected chi connectivity index (χ3v) is 9.02. The summed E-state index contributed by atoms with van der Waals surface area (Å²) in [6.45, 7) is 12.6. The molecule has 242 valence electrons. The van der Waals surface area contributed by atoms with Crippen LogP contribution in [-0.4, -0.2) is 101 Å². The average Bonchev–Trinajstić information content (AvgIpc) is 2.94. The smallest absolute Gasteiger partial charge is 0.342 e. The molecule has 0 radical (unpaired) electrons. The van der Waals surface area contributed by atoms with Crippen molar-refractivity contribution in [1.82, 2.24) is 5.32 Å². The first-order valence-corrected chi connectivity index (χ1v) is 14.5. The van der Waals surface area contributed by atoms with Crippen LogP contribution in [0.1, 0.15) is 68.4 Å². The van der Waals surface area contributed by atoms with Crippen molar-refractivity contribution in [3.8, 4) is 11.5 Å². The lowest BCUT2D eigenvalue weighted by atomic mass is 9.73. The molecule has 1 saturated heterocycles. The Hall–Kier alpha value is -2.74. The van der Waals surface area contributed by atoms with Crippen molar-refractivity contribution in [1.29, 1.82) is 0 Å². The second-order valence-corrected chi connectivity index (χ2v) is 12.5. The van der Waals surface area contributed by atoms with E-state index in [2.05, 4.69) is 11.9 Å². The molecule has 0 bridgehead atoms. The average molecular weight is 610 g/mol. The number of phenols is 2. The number of aliphatic hydroxyl groups excluding tert-OH is 3. The Bertz CT molecular complexity index is 1180. The Morgan fingerprint density at radius 3 is 2.42 bits per heavy atom. The molecule has 1 amide bonds. The van der Waals surface area contributed by atoms with E-state index in [4.69, 9.17) is 18.9 Å². The molecular formula is C31H47NO11. The summed E-state index contributed by atoms with van der Waals surface area (Å²) in [5.74, 6) is -2.57. The zero-order chi connectivity index (χ0) is 32.4. The first-order chi connectivity index (χ1) is 20.0. The number of amides is 1. The largest absolute Gasteiger partial charge is 0.508 e. The summed E-state index contributed by atoms with van der Waals surface area (Å²) >= 11 is 0. The summed E-state index contributed by atoms with van der Waals surface area (Å²) in [4.78, 5) is 25.6. The highest BCUT2D eigenvalue weighted by atomic mass is 16.6. The standard InChI is InChI=1S/C31H47NO11/c1-14(2)9-22(40-7)27(37)28(38)32-29(41-8)23-13-24(36)31(5,6)25(42-23)12-19(34)16(4)21-10-17-15(3)18(33)11-20(35)26(17)30(39)43-21/h11,16,19,21-25,27,29,33-37H,1,9-10,12-13H2,2-8H3,(H,32,38)/t16?,19-,21+,22+,23-,24+,25+,27-,29-/m0/s1. The van der Waals surface area contributed by atoms with Gasteiger partial charge in [-0.05, 0) is 31.4 Å². The van der Waals surface area contributed by atoms with Crippen molar-refractivity contribution in [2.45, 2.75) is 109 Å². The first-order valence-electron chi connectivity index (χ1n) is 14.5. The number of methoxy groups -OCH3 is 2. The molecular weight excluding hydrogens is 562 g/mol. The third kappa shape index (κ3) is 7.50. The van der Waals surface area contributed by atoms with Gasteiger partial charge in [-0.25, -0.2) is 4.79 Å². The minimum Gasteiger partial charge on any atom is -0.508 e. The molecule has 3 rings (SSSR count). The molecule has 1 aromatic rings. The monoisotopic (exact) mass is 609 g/mol. The van der Waals surface area contributed by atoms with Crippen molar-refractivity contribution in [3.63, 3.8) is 0 Å². The van der Waals surface area contributed by atoms with Gasteiger partial charge in [-0.2, -0.15) is 0 Å². The van der Waals surface area contributed by atoms with Crippen LogP contribution in [0.5, 0.6) is 11.5 Å². The maximum Gasteiger partial charge on any atom is 0.342 e. The van der Waals surface area contributed by atoms with Crippen LogP contribution in [0.15, 0.2) is 18.2 Å². The second-order valence-electron chi connectivity index (χ2n) is 12.5. The van der Waals surface area contributed by atoms with Gasteiger partial charge in [-0.15, -0.1) is 6.58 Å². The van der Waals surface area contributed by atoms with E-state index in [0.29, 0.717) is 11.1 Å². The number of carbonyl (C=O) groups excluding carboxylic acids is 2. The number of cyclic esters (lactones) is 1. The number of hydrogen-bond acceptors (Lipinski definition) is 11. The van der Waals surface area contributed by atoms with Gasteiger partial charge in [0.05, 0.1) is 24.4 Å². The van der Waals surface area contributed by atoms with Crippen molar-refractivity contribution < 1.29 is 54.1 Å². The zero-order valence-electron chi connectivity index (χ0n) is 26.0. The van der Waals surface area contributed by atoms with E-state index in [1.54, 1.807) is 20.8 Å². The van der Waals surface area contributed by atoms with E-state index < -0.39 is 72.2 Å². The summed E-state index contributed by atoms with van der Waals surface area (Å²) in [5.41, 5.74) is 0.851. The molecule has 0 aliphatic carbocycles. The molecule has 12 nitrogen and oxygen atoms in total. The fourth-order valence-electron chi connectivity index (χ4n) is 5.80. The van der Waals surface area contributed by atoms with E-state index in [9.17, 15) is 35.1 Å². The fourth-order valence-corrected chi connectivity index (χ4v) is 5.80. The number of aliphatic hydroxyl groups is 3. The highest BCUT2D eigenvalue weighted by Crippen LogP contribution is 2.42. The lowest BCUT2D eigenvalue weighted by molar-refractivity contribution is -0.217. The molecule has 12 heteroatoms. The van der Waals surface area contributed by atoms with Crippen molar-refractivity contribution in [3.05, 3.63) is 34.9 Å². The fraction of sp³-hybridized carbons (Fsp3) is 0.677. The predicted molar refractivity (Wildman–Crippen MR) is 155 cm³/mol. The third-order valence-electron chi connectivity index (χ3n) is 9.02. The SMILES string of the molecule is C=C(C)C[C@@H](OC)[C@H](O)C(=O)N[C@@H](OC)[C@@H]1C[C@@H](O)C(C)(C)[C@@H](C[C@H](O)C(C)[C@H]2Cc3c(C)c(O)cc(O)c3C(=O)O2)O1. The molecule has 0 spiro atoms. The Morgan fingerprint density at radius 1 is 1.19 bits per heavy atom. The van der Waals surface area contributed by atoms with Crippen LogP contribution in [0.3, 0.4) is 0 Å². The van der Waals surface area contributed by atoms with Gasteiger partial charge in [-0.1, -0.05) is 26.3 Å². The first kappa shape index (κ1) is 34.7. The number of benzene rings is 1. The van der Waals surface area contributed by atoms with Crippen LogP contribution in [0.25, 0.3) is 0 Å². The molecule has 6 N–H and O–H groups in total. The maximum absolute atomic E-state index is 12.9. The van der Waals surface area contributed by atoms with E-state index >= 15 is 0 Å². The molecule has 0 saturated carbocycles. The summed E-state index contributed by atoms with van der Waals surface area (Å²) in [6, 6.07) is 1.10. The number of esters is 1. The van der Waals surface area contributed by atoms with Crippen LogP contribution in [0, 0.1) is 18.3 Å². The topological polar surface area (TPSA) is 184 Å². The Balaban J connectivity index is 1.73. The van der Waals surface area contributed by atoms with Gasteiger partial charge < -0.3 is 49.8 Å². The van der Waals surface area contributed by atoms with Gasteiger partial charge in [0.25, 0.3) is 5.91 Å². The number of hydrogen-bond donors (Lipinski definition) is 6. The summed E-state index contributed by atoms with van der Waals surface area (Å²) < 4.78 is 22.7. The van der Waals surface area contributed by atoms with Crippen molar-refractivity contribution >= 4 is 11.9 Å². The molecule has 9 atom stereocenters. The molecule has 2 aliphatic heterocycles. The highest BCUT2D eigenvalue weighted by molar-refractivity contribution is 5.96. The second kappa shape index (κ2) is 13.9. The van der Waals surface area contributed by atoms with E-state index in [1.807, 2.05) is 13.8 Å². The lowest BCUT2D eigenvalue weighted by Gasteiger charge is -2.48. The summed E-state index contributed by atoms with van der Waals surface area (Å²) in [6.07, 6.45) is -6.89. The number of carbonyl (C=O) groups is 2. The van der Waals surface area contributed by atoms with Gasteiger partial charge in [0, 0.05) is 50.9 Å². The van der Waals surface area contributed by atoms with Crippen LogP contribution in [0.2, 0.25) is 0 Å². The number of nitrogens with one attached hydrogen (secondary N) is 1. The Kier molecular flexibility index (Phi) is 11.2. The molecule has 1 unspecified atom stereocenters. The van der Waals surface area contributed by atoms with Gasteiger partial charge in [0.2, 0.25) is 0 Å². The minimum absolute atomic E-state index is 0.00479. The van der Waals surface area contributed by atoms with Crippen molar-refractivity contribution in [2.24, 2.45) is 11.3 Å². The van der Waals surface area contributed by atoms with Gasteiger partial charge >= 0.3 is 5.97 Å². The van der Waals surface area contributed by atoms with E-state index in [1.165, 1.54) is 14.2 Å². The highest BCUT2D eigenvalue weighted by Gasteiger charge is 2.48. The predicted octanol–water partition coefficient (Wildman–Crippen LogP) is 1.85. The van der Waals surface area contributed by atoms with Crippen LogP contribution in [-0.2, 0) is 30.2 Å². The summed E-state index contributed by atoms with van der Waals surface area (Å²) in [5, 5.41) is 56.0. The van der Waals surface area contributed by atoms with Crippen molar-refractivity contribution in [2.75, 3.05) is 14.2 Å². The summed E-state index contributed by atoms with van der Waals surface area (Å²) in [7, 11) is 2.76. The Morgan fingerprint density at radius 2 is 1.84 bits per heavy atom. The molecule has 1 fully saturated rings. The van der Waals surface area contributed by atoms with Gasteiger partial charge in [0.1, 0.15) is 29.3 Å². The lowest BCUT2D eigenvalue weighted by Crippen LogP contribution is -2.59. The van der Waals surface area contributed by atoms with Gasteiger partial charge in [0.15, 0.2) is 12.3 Å². The quantitative estimate of drug-likeness (QED) is 0.115. The minimum atomic E-state index is -1.50. The van der Waals surface area contributed by atoms with Gasteiger partial charge in [-0.3, -0.25) is 4.79 Å². The van der Waals surface area contributed by atoms with Crippen LogP contribution >= 0.6 is 0 Å². The number of rotatable bonds is 12. The number of ether oxygens (including phenoxy) is 4. The number of fused-ring (bicyclic) bond motifs is 1. The molecule has 2 aliphatic rings. The molecule has 43 heavy (non-hydrogen) atoms. The molecule has 1 aromatic carbocycles. The Labute approximate surface area is 252 Å². The molecule has 2 heterocycles. The maximum atomic E-state index is 12.9. The van der Waals surface area contributed by atoms with Crippen LogP contribution < -0.4 is 5.32 Å². The van der Waals surface area contributed by atoms with E-state index in [-0.39, 0.29) is 42.7 Å². The molecule has 0 aromatic heterocycles. The van der Waals surface area contributed by atoms with Crippen LogP contribution in [0.4, 0.5) is 0 Å². The normalized spacial score (nSPS) is 26.8.